The number of carbonyl (C=O) groups is 2. The summed E-state index contributed by atoms with van der Waals surface area (Å²) in [7, 11) is 4.60. The van der Waals surface area contributed by atoms with Crippen molar-refractivity contribution in [3.8, 4) is 27.8 Å². The van der Waals surface area contributed by atoms with E-state index in [9.17, 15) is 9.59 Å². The Hall–Kier alpha value is -3.11. The summed E-state index contributed by atoms with van der Waals surface area (Å²) in [6, 6.07) is 7.45. The molecule has 0 unspecified atom stereocenters. The molecule has 0 bridgehead atoms. The second-order valence-corrected chi connectivity index (χ2v) is 9.23. The number of aryl methyl sites for hydroxylation is 1. The number of hydrogen-bond acceptors (Lipinski definition) is 8. The molecule has 10 heteroatoms. The topological polar surface area (TPSA) is 98.8 Å². The number of hydrogen-bond donors (Lipinski definition) is 2. The predicted molar refractivity (Wildman–Crippen MR) is 126 cm³/mol. The van der Waals surface area contributed by atoms with E-state index in [4.69, 9.17) is 14.2 Å². The number of rotatable bonds is 9. The molecule has 0 saturated carbocycles. The second-order valence-electron chi connectivity index (χ2n) is 6.86. The fourth-order valence-corrected chi connectivity index (χ4v) is 4.98. The first-order chi connectivity index (χ1) is 15.3. The van der Waals surface area contributed by atoms with Gasteiger partial charge in [0.25, 0.3) is 0 Å². The molecule has 0 aliphatic carbocycles. The van der Waals surface area contributed by atoms with Gasteiger partial charge in [0, 0.05) is 16.7 Å². The maximum absolute atomic E-state index is 12.7. The smallest absolute Gasteiger partial charge is 0.230 e. The van der Waals surface area contributed by atoms with Crippen LogP contribution in [-0.4, -0.2) is 38.1 Å². The van der Waals surface area contributed by atoms with E-state index in [2.05, 4.69) is 15.6 Å². The van der Waals surface area contributed by atoms with Crippen LogP contribution in [0.2, 0.25) is 0 Å². The van der Waals surface area contributed by atoms with Crippen molar-refractivity contribution < 1.29 is 23.8 Å². The average molecular weight is 476 g/mol. The van der Waals surface area contributed by atoms with E-state index in [-0.39, 0.29) is 18.2 Å². The van der Waals surface area contributed by atoms with Gasteiger partial charge in [-0.2, -0.15) is 0 Å². The Bertz CT molecular complexity index is 1100. The Morgan fingerprint density at radius 2 is 1.72 bits per heavy atom. The number of carbonyl (C=O) groups excluding carboxylic acids is 2. The number of ether oxygens (including phenoxy) is 3. The third-order valence-corrected chi connectivity index (χ3v) is 6.52. The number of amides is 2. The van der Waals surface area contributed by atoms with Gasteiger partial charge < -0.3 is 24.8 Å². The van der Waals surface area contributed by atoms with Gasteiger partial charge in [0.05, 0.1) is 44.9 Å². The summed E-state index contributed by atoms with van der Waals surface area (Å²) in [4.78, 5) is 31.4. The zero-order valence-corrected chi connectivity index (χ0v) is 20.2. The first-order valence-corrected chi connectivity index (χ1v) is 11.4. The number of nitrogens with zero attached hydrogens (tertiary/aromatic N) is 1. The highest BCUT2D eigenvalue weighted by Crippen LogP contribution is 2.38. The van der Waals surface area contributed by atoms with Crippen molar-refractivity contribution in [2.75, 3.05) is 26.6 Å². The van der Waals surface area contributed by atoms with E-state index in [0.29, 0.717) is 28.9 Å². The molecule has 0 aliphatic rings. The number of nitrogens with one attached hydrogen (secondary N) is 2. The van der Waals surface area contributed by atoms with Crippen LogP contribution in [0.1, 0.15) is 22.2 Å². The maximum Gasteiger partial charge on any atom is 0.230 e. The standard InChI is InChI=1S/C22H25N3O5S2/c1-12-20(18-7-6-15(32-18)11-23-13(2)26)25-22(31-12)24-19(27)10-14-8-16(28-3)21(30-5)17(9-14)29-4/h6-9H,10-11H2,1-5H3,(H,23,26)(H,24,25,27). The van der Waals surface area contributed by atoms with Crippen molar-refractivity contribution in [1.29, 1.82) is 0 Å². The number of thiophene rings is 1. The molecule has 2 heterocycles. The van der Waals surface area contributed by atoms with Gasteiger partial charge in [0.15, 0.2) is 16.6 Å². The maximum atomic E-state index is 12.7. The Morgan fingerprint density at radius 3 is 2.31 bits per heavy atom. The van der Waals surface area contributed by atoms with Gasteiger partial charge >= 0.3 is 0 Å². The largest absolute Gasteiger partial charge is 0.493 e. The zero-order chi connectivity index (χ0) is 23.3. The van der Waals surface area contributed by atoms with Crippen LogP contribution < -0.4 is 24.8 Å². The quantitative estimate of drug-likeness (QED) is 0.485. The van der Waals surface area contributed by atoms with Crippen molar-refractivity contribution >= 4 is 39.6 Å². The molecule has 0 atom stereocenters. The molecular weight excluding hydrogens is 450 g/mol. The van der Waals surface area contributed by atoms with E-state index in [0.717, 1.165) is 25.9 Å². The third kappa shape index (κ3) is 5.57. The van der Waals surface area contributed by atoms with Crippen LogP contribution in [0, 0.1) is 6.92 Å². The summed E-state index contributed by atoms with van der Waals surface area (Å²) in [5.41, 5.74) is 1.56. The molecular formula is C22H25N3O5S2. The Balaban J connectivity index is 1.71. The van der Waals surface area contributed by atoms with E-state index in [1.165, 1.54) is 39.6 Å². The highest BCUT2D eigenvalue weighted by Gasteiger charge is 2.17. The van der Waals surface area contributed by atoms with Crippen molar-refractivity contribution in [1.82, 2.24) is 10.3 Å². The number of methoxy groups -OCH3 is 3. The van der Waals surface area contributed by atoms with E-state index >= 15 is 0 Å². The minimum atomic E-state index is -0.197. The highest BCUT2D eigenvalue weighted by atomic mass is 32.1. The number of benzene rings is 1. The van der Waals surface area contributed by atoms with E-state index in [1.807, 2.05) is 19.1 Å². The molecule has 8 nitrogen and oxygen atoms in total. The van der Waals surface area contributed by atoms with Crippen LogP contribution in [-0.2, 0) is 22.6 Å². The molecule has 0 spiro atoms. The summed E-state index contributed by atoms with van der Waals surface area (Å²) >= 11 is 2.99. The predicted octanol–water partition coefficient (Wildman–Crippen LogP) is 4.02. The van der Waals surface area contributed by atoms with Crippen LogP contribution in [0.15, 0.2) is 24.3 Å². The van der Waals surface area contributed by atoms with Crippen molar-refractivity contribution in [2.45, 2.75) is 26.8 Å². The van der Waals surface area contributed by atoms with Crippen LogP contribution >= 0.6 is 22.7 Å². The fourth-order valence-electron chi connectivity index (χ4n) is 3.08. The third-order valence-electron chi connectivity index (χ3n) is 4.54. The summed E-state index contributed by atoms with van der Waals surface area (Å²) < 4.78 is 16.0. The first-order valence-electron chi connectivity index (χ1n) is 9.74. The lowest BCUT2D eigenvalue weighted by molar-refractivity contribution is -0.119. The van der Waals surface area contributed by atoms with Gasteiger partial charge in [0.2, 0.25) is 17.6 Å². The SMILES string of the molecule is COc1cc(CC(=O)Nc2nc(-c3ccc(CNC(C)=O)s3)c(C)s2)cc(OC)c1OC. The Kier molecular flexibility index (Phi) is 7.70. The van der Waals surface area contributed by atoms with Gasteiger partial charge in [0.1, 0.15) is 0 Å². The van der Waals surface area contributed by atoms with Gasteiger partial charge in [-0.25, -0.2) is 4.98 Å². The van der Waals surface area contributed by atoms with Crippen LogP contribution in [0.25, 0.3) is 10.6 Å². The van der Waals surface area contributed by atoms with Gasteiger partial charge in [-0.05, 0) is 36.8 Å². The molecule has 2 N–H and O–H groups in total. The first kappa shape index (κ1) is 23.6. The minimum absolute atomic E-state index is 0.0677. The summed E-state index contributed by atoms with van der Waals surface area (Å²) in [5, 5.41) is 6.20. The number of anilines is 1. The van der Waals surface area contributed by atoms with Gasteiger partial charge in [-0.3, -0.25) is 9.59 Å². The molecule has 170 valence electrons. The van der Waals surface area contributed by atoms with Crippen LogP contribution in [0.4, 0.5) is 5.13 Å². The molecule has 0 radical (unpaired) electrons. The zero-order valence-electron chi connectivity index (χ0n) is 18.5. The van der Waals surface area contributed by atoms with Gasteiger partial charge in [-0.1, -0.05) is 0 Å². The molecule has 3 rings (SSSR count). The summed E-state index contributed by atoms with van der Waals surface area (Å²) in [5.74, 6) is 1.21. The van der Waals surface area contributed by atoms with Crippen molar-refractivity contribution in [2.24, 2.45) is 0 Å². The van der Waals surface area contributed by atoms with Gasteiger partial charge in [-0.15, -0.1) is 22.7 Å². The van der Waals surface area contributed by atoms with Crippen molar-refractivity contribution in [3.63, 3.8) is 0 Å². The molecule has 1 aromatic carbocycles. The second kappa shape index (κ2) is 10.5. The lowest BCUT2D eigenvalue weighted by Crippen LogP contribution is -2.17. The molecule has 0 fully saturated rings. The number of aromatic nitrogens is 1. The molecule has 32 heavy (non-hydrogen) atoms. The normalized spacial score (nSPS) is 10.5. The van der Waals surface area contributed by atoms with Crippen molar-refractivity contribution in [3.05, 3.63) is 39.6 Å². The molecule has 2 aromatic heterocycles. The fraction of sp³-hybridized carbons (Fsp3) is 0.318. The monoisotopic (exact) mass is 475 g/mol. The summed E-state index contributed by atoms with van der Waals surface area (Å²) in [6.07, 6.45) is 0.130. The molecule has 2 amide bonds. The Labute approximate surface area is 194 Å². The van der Waals surface area contributed by atoms with Crippen LogP contribution in [0.5, 0.6) is 17.2 Å². The summed E-state index contributed by atoms with van der Waals surface area (Å²) in [6.45, 7) is 3.95. The molecule has 0 aliphatic heterocycles. The van der Waals surface area contributed by atoms with Crippen LogP contribution in [0.3, 0.4) is 0 Å². The number of thiazole rings is 1. The Morgan fingerprint density at radius 1 is 1.03 bits per heavy atom. The lowest BCUT2D eigenvalue weighted by Gasteiger charge is -2.13. The van der Waals surface area contributed by atoms with E-state index in [1.54, 1.807) is 23.5 Å². The molecule has 0 saturated heterocycles. The lowest BCUT2D eigenvalue weighted by atomic mass is 10.1. The van der Waals surface area contributed by atoms with E-state index < -0.39 is 0 Å². The average Bonchev–Trinajstić information content (AvgIpc) is 3.37. The molecule has 3 aromatic rings. The highest BCUT2D eigenvalue weighted by molar-refractivity contribution is 7.18. The minimum Gasteiger partial charge on any atom is -0.493 e.